The number of nitrogen functional groups attached to an aromatic ring is 1. The molecule has 144 valence electrons. The summed E-state index contributed by atoms with van der Waals surface area (Å²) in [6.07, 6.45) is 0.998. The summed E-state index contributed by atoms with van der Waals surface area (Å²) in [6.45, 7) is 7.80. The van der Waals surface area contributed by atoms with E-state index in [1.165, 1.54) is 0 Å². The third-order valence-electron chi connectivity index (χ3n) is 5.21. The lowest BCUT2D eigenvalue weighted by Gasteiger charge is -2.37. The fourth-order valence-electron chi connectivity index (χ4n) is 3.78. The first kappa shape index (κ1) is 17.9. The van der Waals surface area contributed by atoms with Gasteiger partial charge in [0.15, 0.2) is 0 Å². The van der Waals surface area contributed by atoms with Gasteiger partial charge in [-0.05, 0) is 25.5 Å². The highest BCUT2D eigenvalue weighted by Crippen LogP contribution is 2.30. The summed E-state index contributed by atoms with van der Waals surface area (Å²) in [6, 6.07) is 10.3. The lowest BCUT2D eigenvalue weighted by atomic mass is 10.0. The van der Waals surface area contributed by atoms with Gasteiger partial charge < -0.3 is 25.0 Å². The monoisotopic (exact) mass is 369 g/mol. The van der Waals surface area contributed by atoms with Crippen molar-refractivity contribution in [1.29, 1.82) is 0 Å². The van der Waals surface area contributed by atoms with Gasteiger partial charge in [-0.15, -0.1) is 0 Å². The molecule has 0 aliphatic carbocycles. The number of anilines is 3. The van der Waals surface area contributed by atoms with Gasteiger partial charge in [0.1, 0.15) is 11.6 Å². The summed E-state index contributed by atoms with van der Waals surface area (Å²) < 4.78 is 11.3. The number of para-hydroxylation sites is 2. The van der Waals surface area contributed by atoms with Crippen LogP contribution in [-0.4, -0.2) is 56.0 Å². The first-order chi connectivity index (χ1) is 13.2. The smallest absolute Gasteiger partial charge is 0.222 e. The van der Waals surface area contributed by atoms with Crippen LogP contribution in [0.4, 0.5) is 17.5 Å². The van der Waals surface area contributed by atoms with Crippen LogP contribution in [0.5, 0.6) is 5.75 Å². The lowest BCUT2D eigenvalue weighted by Crippen LogP contribution is -2.47. The van der Waals surface area contributed by atoms with Gasteiger partial charge in [-0.2, -0.15) is 4.98 Å². The highest BCUT2D eigenvalue weighted by Gasteiger charge is 2.24. The minimum absolute atomic E-state index is 0.327. The Kier molecular flexibility index (Phi) is 5.29. The largest absolute Gasteiger partial charge is 0.492 e. The molecule has 1 aromatic heterocycles. The van der Waals surface area contributed by atoms with Crippen molar-refractivity contribution in [3.63, 3.8) is 0 Å². The molecule has 1 atom stereocenters. The fourth-order valence-corrected chi connectivity index (χ4v) is 3.78. The predicted octanol–water partition coefficient (Wildman–Crippen LogP) is 2.29. The molecule has 27 heavy (non-hydrogen) atoms. The maximum atomic E-state index is 5.99. The standard InChI is InChI=1S/C20H27N5O2/c1-2-27-18-6-4-3-5-17(18)24-8-10-25(11-9-24)19-13-16(22-20(21)23-19)15-7-12-26-14-15/h3-6,13,15H,2,7-12,14H2,1H3,(H2,21,22,23). The summed E-state index contributed by atoms with van der Waals surface area (Å²) in [5.74, 6) is 2.54. The first-order valence-corrected chi connectivity index (χ1v) is 9.68. The van der Waals surface area contributed by atoms with E-state index in [1.54, 1.807) is 0 Å². The van der Waals surface area contributed by atoms with Gasteiger partial charge in [-0.3, -0.25) is 0 Å². The number of aromatic nitrogens is 2. The van der Waals surface area contributed by atoms with Crippen LogP contribution in [0.1, 0.15) is 25.0 Å². The van der Waals surface area contributed by atoms with Gasteiger partial charge in [-0.1, -0.05) is 12.1 Å². The second kappa shape index (κ2) is 8.00. The zero-order valence-corrected chi connectivity index (χ0v) is 15.8. The third-order valence-corrected chi connectivity index (χ3v) is 5.21. The molecule has 7 heteroatoms. The average Bonchev–Trinajstić information content (AvgIpc) is 3.23. The number of hydrogen-bond acceptors (Lipinski definition) is 7. The fraction of sp³-hybridized carbons (Fsp3) is 0.500. The maximum absolute atomic E-state index is 5.99. The maximum Gasteiger partial charge on any atom is 0.222 e. The van der Waals surface area contributed by atoms with E-state index < -0.39 is 0 Å². The van der Waals surface area contributed by atoms with Crippen LogP contribution in [0.25, 0.3) is 0 Å². The number of piperazine rings is 1. The zero-order chi connectivity index (χ0) is 18.6. The summed E-state index contributed by atoms with van der Waals surface area (Å²) in [7, 11) is 0. The highest BCUT2D eigenvalue weighted by molar-refractivity contribution is 5.59. The number of benzene rings is 1. The van der Waals surface area contributed by atoms with Crippen molar-refractivity contribution < 1.29 is 9.47 Å². The Bertz CT molecular complexity index is 771. The molecular formula is C20H27N5O2. The van der Waals surface area contributed by atoms with Crippen molar-refractivity contribution in [1.82, 2.24) is 9.97 Å². The van der Waals surface area contributed by atoms with E-state index in [-0.39, 0.29) is 0 Å². The van der Waals surface area contributed by atoms with E-state index in [0.29, 0.717) is 18.5 Å². The van der Waals surface area contributed by atoms with Crippen LogP contribution in [-0.2, 0) is 4.74 Å². The molecular weight excluding hydrogens is 342 g/mol. The zero-order valence-electron chi connectivity index (χ0n) is 15.8. The van der Waals surface area contributed by atoms with E-state index >= 15 is 0 Å². The number of rotatable bonds is 5. The van der Waals surface area contributed by atoms with Crippen molar-refractivity contribution in [3.05, 3.63) is 36.0 Å². The number of nitrogens with two attached hydrogens (primary N) is 1. The Morgan fingerprint density at radius 2 is 1.93 bits per heavy atom. The van der Waals surface area contributed by atoms with E-state index in [0.717, 1.165) is 68.8 Å². The van der Waals surface area contributed by atoms with Crippen molar-refractivity contribution in [2.45, 2.75) is 19.3 Å². The van der Waals surface area contributed by atoms with Crippen molar-refractivity contribution in [2.24, 2.45) is 0 Å². The molecule has 2 aromatic rings. The van der Waals surface area contributed by atoms with E-state index in [2.05, 4.69) is 38.0 Å². The molecule has 2 fully saturated rings. The minimum Gasteiger partial charge on any atom is -0.492 e. The summed E-state index contributed by atoms with van der Waals surface area (Å²) in [5, 5.41) is 0. The Labute approximate surface area is 160 Å². The molecule has 0 saturated carbocycles. The number of nitrogens with zero attached hydrogens (tertiary/aromatic N) is 4. The molecule has 0 bridgehead atoms. The normalized spacial score (nSPS) is 20.1. The first-order valence-electron chi connectivity index (χ1n) is 9.68. The van der Waals surface area contributed by atoms with Crippen molar-refractivity contribution in [3.8, 4) is 5.75 Å². The van der Waals surface area contributed by atoms with Crippen molar-refractivity contribution >= 4 is 17.5 Å². The summed E-state index contributed by atoms with van der Waals surface area (Å²) in [5.41, 5.74) is 8.15. The topological polar surface area (TPSA) is 76.7 Å². The number of hydrogen-bond donors (Lipinski definition) is 1. The summed E-state index contributed by atoms with van der Waals surface area (Å²) >= 11 is 0. The Morgan fingerprint density at radius 1 is 1.15 bits per heavy atom. The Balaban J connectivity index is 1.47. The molecule has 1 aromatic carbocycles. The van der Waals surface area contributed by atoms with Crippen molar-refractivity contribution in [2.75, 3.05) is 61.5 Å². The van der Waals surface area contributed by atoms with Gasteiger partial charge in [0.2, 0.25) is 5.95 Å². The minimum atomic E-state index is 0.327. The van der Waals surface area contributed by atoms with E-state index in [9.17, 15) is 0 Å². The number of ether oxygens (including phenoxy) is 2. The summed E-state index contributed by atoms with van der Waals surface area (Å²) in [4.78, 5) is 13.6. The molecule has 0 amide bonds. The van der Waals surface area contributed by atoms with Crippen LogP contribution < -0.4 is 20.3 Å². The van der Waals surface area contributed by atoms with Crippen LogP contribution in [0.15, 0.2) is 30.3 Å². The molecule has 2 N–H and O–H groups in total. The molecule has 4 rings (SSSR count). The molecule has 1 unspecified atom stereocenters. The van der Waals surface area contributed by atoms with E-state index in [1.807, 2.05) is 19.1 Å². The molecule has 2 saturated heterocycles. The van der Waals surface area contributed by atoms with Gasteiger partial charge in [0.25, 0.3) is 0 Å². The quantitative estimate of drug-likeness (QED) is 0.866. The van der Waals surface area contributed by atoms with Gasteiger partial charge >= 0.3 is 0 Å². The van der Waals surface area contributed by atoms with Crippen LogP contribution >= 0.6 is 0 Å². The van der Waals surface area contributed by atoms with Crippen LogP contribution in [0.3, 0.4) is 0 Å². The highest BCUT2D eigenvalue weighted by atomic mass is 16.5. The molecule has 7 nitrogen and oxygen atoms in total. The van der Waals surface area contributed by atoms with Crippen LogP contribution in [0.2, 0.25) is 0 Å². The second-order valence-corrected chi connectivity index (χ2v) is 6.94. The van der Waals surface area contributed by atoms with Gasteiger partial charge in [-0.25, -0.2) is 4.98 Å². The molecule has 0 radical (unpaired) electrons. The Hall–Kier alpha value is -2.54. The van der Waals surface area contributed by atoms with Gasteiger partial charge in [0, 0.05) is 44.8 Å². The van der Waals surface area contributed by atoms with Gasteiger partial charge in [0.05, 0.1) is 24.6 Å². The molecule has 3 heterocycles. The molecule has 2 aliphatic heterocycles. The molecule has 2 aliphatic rings. The molecule has 0 spiro atoms. The lowest BCUT2D eigenvalue weighted by molar-refractivity contribution is 0.193. The SMILES string of the molecule is CCOc1ccccc1N1CCN(c2cc(C3CCOC3)nc(N)n2)CC1. The average molecular weight is 369 g/mol. The predicted molar refractivity (Wildman–Crippen MR) is 107 cm³/mol. The Morgan fingerprint density at radius 3 is 2.67 bits per heavy atom. The second-order valence-electron chi connectivity index (χ2n) is 6.94. The third kappa shape index (κ3) is 3.93. The van der Waals surface area contributed by atoms with Crippen LogP contribution in [0, 0.1) is 0 Å². The van der Waals surface area contributed by atoms with E-state index in [4.69, 9.17) is 15.2 Å².